The van der Waals surface area contributed by atoms with Crippen molar-refractivity contribution >= 4 is 0 Å². The van der Waals surface area contributed by atoms with Crippen molar-refractivity contribution in [3.63, 3.8) is 0 Å². The summed E-state index contributed by atoms with van der Waals surface area (Å²) in [5.41, 5.74) is 5.93. The van der Waals surface area contributed by atoms with Gasteiger partial charge in [0.15, 0.2) is 0 Å². The largest absolute Gasteiger partial charge is 0.507 e. The molecular weight excluding hydrogens is 220 g/mol. The standard InChI is InChI=1S/C17H20O/c1-4-13-10-11-16(18)17(15(13)5-2)14-8-6-12(3)7-9-14/h6-11,18H,4-5H2,1-3H3. The van der Waals surface area contributed by atoms with E-state index in [1.165, 1.54) is 16.7 Å². The molecule has 0 unspecified atom stereocenters. The van der Waals surface area contributed by atoms with Crippen LogP contribution in [0.1, 0.15) is 30.5 Å². The minimum Gasteiger partial charge on any atom is -0.507 e. The molecule has 0 saturated carbocycles. The van der Waals surface area contributed by atoms with Crippen molar-refractivity contribution in [2.24, 2.45) is 0 Å². The molecule has 2 aromatic carbocycles. The number of aromatic hydroxyl groups is 1. The highest BCUT2D eigenvalue weighted by Crippen LogP contribution is 2.35. The van der Waals surface area contributed by atoms with E-state index in [2.05, 4.69) is 45.0 Å². The van der Waals surface area contributed by atoms with E-state index in [1.807, 2.05) is 12.1 Å². The predicted octanol–water partition coefficient (Wildman–Crippen LogP) is 4.49. The zero-order valence-corrected chi connectivity index (χ0v) is 11.3. The molecule has 0 heterocycles. The molecule has 0 saturated heterocycles. The van der Waals surface area contributed by atoms with Crippen LogP contribution in [0.25, 0.3) is 11.1 Å². The van der Waals surface area contributed by atoms with Crippen molar-refractivity contribution in [3.05, 3.63) is 53.1 Å². The van der Waals surface area contributed by atoms with Gasteiger partial charge in [-0.25, -0.2) is 0 Å². The Bertz CT molecular complexity index is 538. The van der Waals surface area contributed by atoms with E-state index < -0.39 is 0 Å². The molecule has 0 spiro atoms. The number of rotatable bonds is 3. The van der Waals surface area contributed by atoms with Gasteiger partial charge in [-0.3, -0.25) is 0 Å². The molecule has 0 bridgehead atoms. The smallest absolute Gasteiger partial charge is 0.123 e. The molecule has 2 rings (SSSR count). The third-order valence-corrected chi connectivity index (χ3v) is 3.46. The molecule has 94 valence electrons. The van der Waals surface area contributed by atoms with Gasteiger partial charge in [0, 0.05) is 5.56 Å². The van der Waals surface area contributed by atoms with Crippen molar-refractivity contribution in [3.8, 4) is 16.9 Å². The lowest BCUT2D eigenvalue weighted by Gasteiger charge is -2.15. The van der Waals surface area contributed by atoms with Gasteiger partial charge in [0.05, 0.1) is 0 Å². The molecule has 0 atom stereocenters. The van der Waals surface area contributed by atoms with Gasteiger partial charge < -0.3 is 5.11 Å². The highest BCUT2D eigenvalue weighted by Gasteiger charge is 2.12. The third-order valence-electron chi connectivity index (χ3n) is 3.46. The Kier molecular flexibility index (Phi) is 3.71. The van der Waals surface area contributed by atoms with Crippen molar-refractivity contribution in [2.75, 3.05) is 0 Å². The van der Waals surface area contributed by atoms with Gasteiger partial charge in [0.25, 0.3) is 0 Å². The van der Waals surface area contributed by atoms with Crippen molar-refractivity contribution < 1.29 is 5.11 Å². The van der Waals surface area contributed by atoms with Gasteiger partial charge in [-0.15, -0.1) is 0 Å². The van der Waals surface area contributed by atoms with Crippen molar-refractivity contribution in [2.45, 2.75) is 33.6 Å². The lowest BCUT2D eigenvalue weighted by molar-refractivity contribution is 0.476. The van der Waals surface area contributed by atoms with Gasteiger partial charge >= 0.3 is 0 Å². The first-order valence-corrected chi connectivity index (χ1v) is 6.58. The molecule has 0 aliphatic rings. The van der Waals surface area contributed by atoms with Gasteiger partial charge in [0.1, 0.15) is 5.75 Å². The summed E-state index contributed by atoms with van der Waals surface area (Å²) in [4.78, 5) is 0. The number of hydrogen-bond acceptors (Lipinski definition) is 1. The average molecular weight is 240 g/mol. The Morgan fingerprint density at radius 1 is 0.889 bits per heavy atom. The van der Waals surface area contributed by atoms with Crippen LogP contribution in [0, 0.1) is 6.92 Å². The van der Waals surface area contributed by atoms with Crippen LogP contribution in [0.2, 0.25) is 0 Å². The zero-order chi connectivity index (χ0) is 13.1. The van der Waals surface area contributed by atoms with E-state index in [4.69, 9.17) is 0 Å². The van der Waals surface area contributed by atoms with E-state index in [1.54, 1.807) is 0 Å². The maximum absolute atomic E-state index is 10.2. The molecule has 0 aromatic heterocycles. The maximum atomic E-state index is 10.2. The van der Waals surface area contributed by atoms with Crippen molar-refractivity contribution in [1.82, 2.24) is 0 Å². The molecule has 1 heteroatoms. The third kappa shape index (κ3) is 2.26. The van der Waals surface area contributed by atoms with E-state index in [0.717, 1.165) is 24.0 Å². The minimum atomic E-state index is 0.382. The van der Waals surface area contributed by atoms with Crippen LogP contribution in [-0.4, -0.2) is 5.11 Å². The Morgan fingerprint density at radius 3 is 2.11 bits per heavy atom. The fourth-order valence-corrected chi connectivity index (χ4v) is 2.46. The summed E-state index contributed by atoms with van der Waals surface area (Å²) in [5.74, 6) is 0.382. The molecule has 0 aliphatic heterocycles. The van der Waals surface area contributed by atoms with Crippen LogP contribution in [0.5, 0.6) is 5.75 Å². The predicted molar refractivity (Wildman–Crippen MR) is 77.0 cm³/mol. The van der Waals surface area contributed by atoms with E-state index in [0.29, 0.717) is 5.75 Å². The van der Waals surface area contributed by atoms with Crippen LogP contribution in [0.4, 0.5) is 0 Å². The molecule has 2 aromatic rings. The summed E-state index contributed by atoms with van der Waals surface area (Å²) in [6, 6.07) is 12.2. The topological polar surface area (TPSA) is 20.2 Å². The number of hydrogen-bond donors (Lipinski definition) is 1. The van der Waals surface area contributed by atoms with Gasteiger partial charge in [-0.05, 0) is 42.5 Å². The lowest BCUT2D eigenvalue weighted by atomic mass is 9.91. The van der Waals surface area contributed by atoms with Crippen LogP contribution in [-0.2, 0) is 12.8 Å². The Morgan fingerprint density at radius 2 is 1.56 bits per heavy atom. The van der Waals surface area contributed by atoms with Crippen molar-refractivity contribution in [1.29, 1.82) is 0 Å². The fourth-order valence-electron chi connectivity index (χ4n) is 2.46. The fraction of sp³-hybridized carbons (Fsp3) is 0.294. The molecule has 0 fully saturated rings. The van der Waals surface area contributed by atoms with E-state index in [-0.39, 0.29) is 0 Å². The first-order chi connectivity index (χ1) is 8.67. The highest BCUT2D eigenvalue weighted by atomic mass is 16.3. The Hall–Kier alpha value is -1.76. The molecule has 1 N–H and O–H groups in total. The Balaban J connectivity index is 2.65. The SMILES string of the molecule is CCc1ccc(O)c(-c2ccc(C)cc2)c1CC. The quantitative estimate of drug-likeness (QED) is 0.838. The summed E-state index contributed by atoms with van der Waals surface area (Å²) in [6.45, 7) is 6.38. The van der Waals surface area contributed by atoms with Gasteiger partial charge in [0.2, 0.25) is 0 Å². The molecule has 0 amide bonds. The highest BCUT2D eigenvalue weighted by molar-refractivity contribution is 5.75. The van der Waals surface area contributed by atoms with Crippen LogP contribution in [0.3, 0.4) is 0 Å². The first-order valence-electron chi connectivity index (χ1n) is 6.58. The second kappa shape index (κ2) is 5.26. The summed E-state index contributed by atoms with van der Waals surface area (Å²) in [7, 11) is 0. The van der Waals surface area contributed by atoms with Gasteiger partial charge in [-0.2, -0.15) is 0 Å². The number of aryl methyl sites for hydroxylation is 2. The molecular formula is C17H20O. The number of phenolic OH excluding ortho intramolecular Hbond substituents is 1. The number of phenols is 1. The summed E-state index contributed by atoms with van der Waals surface area (Å²) in [5, 5.41) is 10.2. The summed E-state index contributed by atoms with van der Waals surface area (Å²) < 4.78 is 0. The molecule has 0 aliphatic carbocycles. The Labute approximate surface area is 109 Å². The molecule has 0 radical (unpaired) electrons. The molecule has 18 heavy (non-hydrogen) atoms. The van der Waals surface area contributed by atoms with Gasteiger partial charge in [-0.1, -0.05) is 49.7 Å². The van der Waals surface area contributed by atoms with Crippen LogP contribution in [0.15, 0.2) is 36.4 Å². The monoisotopic (exact) mass is 240 g/mol. The number of benzene rings is 2. The summed E-state index contributed by atoms with van der Waals surface area (Å²) in [6.07, 6.45) is 1.95. The second-order valence-corrected chi connectivity index (χ2v) is 4.67. The minimum absolute atomic E-state index is 0.382. The average Bonchev–Trinajstić information content (AvgIpc) is 2.39. The van der Waals surface area contributed by atoms with E-state index >= 15 is 0 Å². The first kappa shape index (κ1) is 12.7. The second-order valence-electron chi connectivity index (χ2n) is 4.67. The zero-order valence-electron chi connectivity index (χ0n) is 11.3. The van der Waals surface area contributed by atoms with Crippen LogP contribution >= 0.6 is 0 Å². The summed E-state index contributed by atoms with van der Waals surface area (Å²) >= 11 is 0. The maximum Gasteiger partial charge on any atom is 0.123 e. The van der Waals surface area contributed by atoms with Crippen LogP contribution < -0.4 is 0 Å². The normalized spacial score (nSPS) is 10.6. The molecule has 1 nitrogen and oxygen atoms in total. The van der Waals surface area contributed by atoms with E-state index in [9.17, 15) is 5.11 Å². The lowest BCUT2D eigenvalue weighted by Crippen LogP contribution is -1.95.